The molecule has 0 bridgehead atoms. The summed E-state index contributed by atoms with van der Waals surface area (Å²) in [6, 6.07) is -0.318. The van der Waals surface area contributed by atoms with Crippen molar-refractivity contribution in [2.75, 3.05) is 7.11 Å². The van der Waals surface area contributed by atoms with Crippen molar-refractivity contribution in [3.05, 3.63) is 24.5 Å². The maximum Gasteiger partial charge on any atom is 0.322 e. The van der Waals surface area contributed by atoms with Crippen LogP contribution in [0.4, 0.5) is 0 Å². The molecule has 0 saturated heterocycles. The average molecular weight is 209 g/mol. The van der Waals surface area contributed by atoms with Gasteiger partial charge in [-0.25, -0.2) is 4.68 Å². The van der Waals surface area contributed by atoms with Gasteiger partial charge in [-0.05, 0) is 6.92 Å². The number of nitrogens with zero attached hydrogens (tertiary/aromatic N) is 2. The van der Waals surface area contributed by atoms with Crippen LogP contribution in [0.3, 0.4) is 0 Å². The van der Waals surface area contributed by atoms with Gasteiger partial charge in [0.05, 0.1) is 13.3 Å². The highest BCUT2D eigenvalue weighted by Crippen LogP contribution is 1.98. The summed E-state index contributed by atoms with van der Waals surface area (Å²) in [5, 5.41) is 7.04. The van der Waals surface area contributed by atoms with Gasteiger partial charge in [0.25, 0.3) is 0 Å². The second-order valence-electron chi connectivity index (χ2n) is 3.14. The molecular formula is C10H15N3O2. The van der Waals surface area contributed by atoms with Crippen LogP contribution in [0.15, 0.2) is 19.0 Å². The monoisotopic (exact) mass is 209 g/mol. The van der Waals surface area contributed by atoms with Crippen molar-refractivity contribution < 1.29 is 9.53 Å². The van der Waals surface area contributed by atoms with Gasteiger partial charge in [-0.2, -0.15) is 5.10 Å². The lowest BCUT2D eigenvalue weighted by molar-refractivity contribution is -0.142. The molecule has 1 heterocycles. The number of ether oxygens (including phenoxy) is 1. The number of hydrogen-bond acceptors (Lipinski definition) is 4. The first-order valence-electron chi connectivity index (χ1n) is 4.64. The molecule has 0 aliphatic rings. The Morgan fingerprint density at radius 1 is 1.87 bits per heavy atom. The summed E-state index contributed by atoms with van der Waals surface area (Å²) in [4.78, 5) is 11.1. The lowest BCUT2D eigenvalue weighted by atomic mass is 10.3. The van der Waals surface area contributed by atoms with Crippen molar-refractivity contribution >= 4 is 12.2 Å². The van der Waals surface area contributed by atoms with Gasteiger partial charge < -0.3 is 10.1 Å². The highest BCUT2D eigenvalue weighted by atomic mass is 16.5. The first-order valence-corrected chi connectivity index (χ1v) is 4.64. The molecule has 1 atom stereocenters. The Hall–Kier alpha value is -1.62. The van der Waals surface area contributed by atoms with Gasteiger partial charge in [0.1, 0.15) is 6.04 Å². The molecule has 82 valence electrons. The summed E-state index contributed by atoms with van der Waals surface area (Å²) in [5.41, 5.74) is 0.991. The zero-order valence-corrected chi connectivity index (χ0v) is 8.93. The van der Waals surface area contributed by atoms with Crippen LogP contribution in [0.1, 0.15) is 12.5 Å². The van der Waals surface area contributed by atoms with Crippen molar-refractivity contribution in [2.24, 2.45) is 0 Å². The Morgan fingerprint density at radius 2 is 2.60 bits per heavy atom. The van der Waals surface area contributed by atoms with Crippen LogP contribution in [-0.2, 0) is 16.1 Å². The van der Waals surface area contributed by atoms with E-state index in [0.717, 1.165) is 5.56 Å². The molecule has 5 heteroatoms. The molecule has 1 N–H and O–H groups in total. The van der Waals surface area contributed by atoms with E-state index < -0.39 is 0 Å². The SMILES string of the molecule is C=Cn1cc(CNC(C)C(=O)OC)cn1. The molecular weight excluding hydrogens is 194 g/mol. The molecule has 0 aliphatic carbocycles. The Labute approximate surface area is 88.7 Å². The minimum Gasteiger partial charge on any atom is -0.468 e. The van der Waals surface area contributed by atoms with E-state index in [1.807, 2.05) is 6.20 Å². The van der Waals surface area contributed by atoms with E-state index in [1.165, 1.54) is 7.11 Å². The standard InChI is InChI=1S/C10H15N3O2/c1-4-13-7-9(6-12-13)5-11-8(2)10(14)15-3/h4,6-8,11H,1,5H2,2-3H3. The van der Waals surface area contributed by atoms with Crippen LogP contribution < -0.4 is 5.32 Å². The third kappa shape index (κ3) is 3.21. The Balaban J connectivity index is 2.43. The predicted molar refractivity (Wildman–Crippen MR) is 56.9 cm³/mol. The first kappa shape index (κ1) is 11.5. The highest BCUT2D eigenvalue weighted by molar-refractivity contribution is 5.75. The topological polar surface area (TPSA) is 56.2 Å². The molecule has 0 fully saturated rings. The summed E-state index contributed by atoms with van der Waals surface area (Å²) in [5.74, 6) is -0.272. The van der Waals surface area contributed by atoms with Crippen molar-refractivity contribution in [2.45, 2.75) is 19.5 Å². The fourth-order valence-electron chi connectivity index (χ4n) is 1.10. The quantitative estimate of drug-likeness (QED) is 0.723. The molecule has 0 radical (unpaired) electrons. The third-order valence-electron chi connectivity index (χ3n) is 2.01. The molecule has 15 heavy (non-hydrogen) atoms. The van der Waals surface area contributed by atoms with E-state index in [1.54, 1.807) is 24.0 Å². The lowest BCUT2D eigenvalue weighted by Gasteiger charge is -2.09. The molecule has 1 unspecified atom stereocenters. The predicted octanol–water partition coefficient (Wildman–Crippen LogP) is 0.635. The summed E-state index contributed by atoms with van der Waals surface area (Å²) in [6.07, 6.45) is 5.16. The normalized spacial score (nSPS) is 12.1. The zero-order valence-electron chi connectivity index (χ0n) is 8.93. The molecule has 1 aromatic heterocycles. The smallest absolute Gasteiger partial charge is 0.322 e. The van der Waals surface area contributed by atoms with Crippen LogP contribution in [-0.4, -0.2) is 28.9 Å². The molecule has 0 saturated carbocycles. The van der Waals surface area contributed by atoms with Gasteiger partial charge >= 0.3 is 5.97 Å². The summed E-state index contributed by atoms with van der Waals surface area (Å²) < 4.78 is 6.20. The molecule has 1 rings (SSSR count). The Bertz CT molecular complexity index is 346. The molecule has 0 spiro atoms. The Kier molecular flexibility index (Phi) is 4.05. The second-order valence-corrected chi connectivity index (χ2v) is 3.14. The number of hydrogen-bond donors (Lipinski definition) is 1. The minimum absolute atomic E-state index is 0.272. The van der Waals surface area contributed by atoms with E-state index >= 15 is 0 Å². The number of methoxy groups -OCH3 is 1. The van der Waals surface area contributed by atoms with Crippen molar-refractivity contribution in [1.82, 2.24) is 15.1 Å². The first-order chi connectivity index (χ1) is 7.17. The summed E-state index contributed by atoms with van der Waals surface area (Å²) >= 11 is 0. The maximum atomic E-state index is 11.1. The summed E-state index contributed by atoms with van der Waals surface area (Å²) in [7, 11) is 1.37. The van der Waals surface area contributed by atoms with Gasteiger partial charge in [-0.15, -0.1) is 0 Å². The van der Waals surface area contributed by atoms with E-state index in [0.29, 0.717) is 6.54 Å². The average Bonchev–Trinajstić information content (AvgIpc) is 2.72. The number of aromatic nitrogens is 2. The van der Waals surface area contributed by atoms with Gasteiger partial charge in [-0.1, -0.05) is 6.58 Å². The molecule has 0 aliphatic heterocycles. The van der Waals surface area contributed by atoms with E-state index in [-0.39, 0.29) is 12.0 Å². The number of esters is 1. The van der Waals surface area contributed by atoms with Gasteiger partial charge in [0.2, 0.25) is 0 Å². The van der Waals surface area contributed by atoms with Crippen LogP contribution in [0.2, 0.25) is 0 Å². The fraction of sp³-hybridized carbons (Fsp3) is 0.400. The van der Waals surface area contributed by atoms with E-state index in [2.05, 4.69) is 21.7 Å². The largest absolute Gasteiger partial charge is 0.468 e. The number of carbonyl (C=O) groups excluding carboxylic acids is 1. The fourth-order valence-corrected chi connectivity index (χ4v) is 1.10. The second kappa shape index (κ2) is 5.31. The van der Waals surface area contributed by atoms with Crippen LogP contribution in [0, 0.1) is 0 Å². The van der Waals surface area contributed by atoms with Crippen LogP contribution >= 0.6 is 0 Å². The van der Waals surface area contributed by atoms with Gasteiger partial charge in [0.15, 0.2) is 0 Å². The van der Waals surface area contributed by atoms with Gasteiger partial charge in [-0.3, -0.25) is 4.79 Å². The lowest BCUT2D eigenvalue weighted by Crippen LogP contribution is -2.34. The minimum atomic E-state index is -0.318. The van der Waals surface area contributed by atoms with Crippen LogP contribution in [0.5, 0.6) is 0 Å². The third-order valence-corrected chi connectivity index (χ3v) is 2.01. The number of carbonyl (C=O) groups is 1. The molecule has 1 aromatic rings. The zero-order chi connectivity index (χ0) is 11.3. The van der Waals surface area contributed by atoms with E-state index in [9.17, 15) is 4.79 Å². The van der Waals surface area contributed by atoms with Crippen molar-refractivity contribution in [3.8, 4) is 0 Å². The van der Waals surface area contributed by atoms with Crippen molar-refractivity contribution in [1.29, 1.82) is 0 Å². The van der Waals surface area contributed by atoms with Crippen molar-refractivity contribution in [3.63, 3.8) is 0 Å². The maximum absolute atomic E-state index is 11.1. The Morgan fingerprint density at radius 3 is 3.13 bits per heavy atom. The molecule has 0 amide bonds. The van der Waals surface area contributed by atoms with Gasteiger partial charge in [0, 0.05) is 24.5 Å². The van der Waals surface area contributed by atoms with Crippen LogP contribution in [0.25, 0.3) is 6.20 Å². The number of nitrogens with one attached hydrogen (secondary N) is 1. The number of rotatable bonds is 5. The highest BCUT2D eigenvalue weighted by Gasteiger charge is 2.11. The molecule has 0 aromatic carbocycles. The molecule has 5 nitrogen and oxygen atoms in total. The summed E-state index contributed by atoms with van der Waals surface area (Å²) in [6.45, 7) is 5.91. The van der Waals surface area contributed by atoms with E-state index in [4.69, 9.17) is 0 Å².